The van der Waals surface area contributed by atoms with Crippen molar-refractivity contribution in [3.8, 4) is 0 Å². The second kappa shape index (κ2) is 4.67. The van der Waals surface area contributed by atoms with Crippen LogP contribution in [0.4, 0.5) is 4.39 Å². The molecule has 1 aromatic carbocycles. The van der Waals surface area contributed by atoms with Gasteiger partial charge in [0.05, 0.1) is 6.61 Å². The van der Waals surface area contributed by atoms with Crippen LogP contribution >= 0.6 is 0 Å². The monoisotopic (exact) mass is 166 g/mol. The van der Waals surface area contributed by atoms with Gasteiger partial charge in [-0.3, -0.25) is 0 Å². The predicted molar refractivity (Wildman–Crippen MR) is 46.4 cm³/mol. The lowest BCUT2D eigenvalue weighted by Crippen LogP contribution is -1.85. The Hall–Kier alpha value is -1.15. The van der Waals surface area contributed by atoms with E-state index in [1.807, 2.05) is 30.3 Å². The van der Waals surface area contributed by atoms with Gasteiger partial charge in [-0.2, -0.15) is 0 Å². The van der Waals surface area contributed by atoms with Crippen molar-refractivity contribution in [1.82, 2.24) is 0 Å². The van der Waals surface area contributed by atoms with Crippen LogP contribution in [0.3, 0.4) is 0 Å². The second-order valence-electron chi connectivity index (χ2n) is 2.50. The van der Waals surface area contributed by atoms with Crippen molar-refractivity contribution in [3.05, 3.63) is 47.8 Å². The molecule has 0 saturated heterocycles. The zero-order valence-corrected chi connectivity index (χ0v) is 6.70. The highest BCUT2D eigenvalue weighted by atomic mass is 19.1. The summed E-state index contributed by atoms with van der Waals surface area (Å²) in [5.74, 6) is -0.473. The molecule has 64 valence electrons. The van der Waals surface area contributed by atoms with Crippen LogP contribution in [0.2, 0.25) is 0 Å². The molecule has 0 heterocycles. The average Bonchev–Trinajstić information content (AvgIpc) is 2.16. The molecule has 0 aromatic heterocycles. The summed E-state index contributed by atoms with van der Waals surface area (Å²) in [5, 5.41) is 8.37. The Morgan fingerprint density at radius 3 is 2.58 bits per heavy atom. The van der Waals surface area contributed by atoms with Gasteiger partial charge >= 0.3 is 0 Å². The van der Waals surface area contributed by atoms with Crippen molar-refractivity contribution in [2.45, 2.75) is 6.42 Å². The number of aliphatic hydroxyl groups is 1. The Bertz CT molecular complexity index is 254. The van der Waals surface area contributed by atoms with Crippen LogP contribution in [0.1, 0.15) is 5.56 Å². The van der Waals surface area contributed by atoms with Crippen LogP contribution in [0.25, 0.3) is 0 Å². The van der Waals surface area contributed by atoms with Crippen LogP contribution in [0.15, 0.2) is 42.2 Å². The van der Waals surface area contributed by atoms with Crippen molar-refractivity contribution in [2.75, 3.05) is 6.61 Å². The van der Waals surface area contributed by atoms with Gasteiger partial charge in [0.25, 0.3) is 0 Å². The molecule has 0 fully saturated rings. The fraction of sp³-hybridized carbons (Fsp3) is 0.200. The van der Waals surface area contributed by atoms with E-state index in [9.17, 15) is 4.39 Å². The van der Waals surface area contributed by atoms with Crippen molar-refractivity contribution < 1.29 is 9.50 Å². The Labute approximate surface area is 71.2 Å². The first kappa shape index (κ1) is 8.94. The minimum atomic E-state index is -0.507. The van der Waals surface area contributed by atoms with Gasteiger partial charge in [0, 0.05) is 0 Å². The number of benzene rings is 1. The topological polar surface area (TPSA) is 20.2 Å². The highest BCUT2D eigenvalue weighted by Crippen LogP contribution is 2.03. The average molecular weight is 166 g/mol. The van der Waals surface area contributed by atoms with E-state index in [1.54, 1.807) is 0 Å². The van der Waals surface area contributed by atoms with E-state index in [2.05, 4.69) is 0 Å². The van der Waals surface area contributed by atoms with Crippen LogP contribution in [0, 0.1) is 0 Å². The van der Waals surface area contributed by atoms with Gasteiger partial charge in [0.15, 0.2) is 0 Å². The first-order chi connectivity index (χ1) is 5.83. The highest BCUT2D eigenvalue weighted by Gasteiger charge is 1.91. The molecular formula is C10H11FO. The molecule has 0 unspecified atom stereocenters. The van der Waals surface area contributed by atoms with Gasteiger partial charge in [0.2, 0.25) is 0 Å². The summed E-state index contributed by atoms with van der Waals surface area (Å²) >= 11 is 0. The SMILES string of the molecule is OCC(F)=CCc1ccccc1. The molecule has 0 atom stereocenters. The molecular weight excluding hydrogens is 155 g/mol. The minimum absolute atomic E-state index is 0.473. The summed E-state index contributed by atoms with van der Waals surface area (Å²) < 4.78 is 12.4. The molecule has 0 saturated carbocycles. The van der Waals surface area contributed by atoms with Crippen molar-refractivity contribution in [2.24, 2.45) is 0 Å². The summed E-state index contributed by atoms with van der Waals surface area (Å²) in [6, 6.07) is 9.55. The van der Waals surface area contributed by atoms with E-state index < -0.39 is 12.4 Å². The first-order valence-corrected chi connectivity index (χ1v) is 3.82. The molecule has 1 nitrogen and oxygen atoms in total. The number of hydrogen-bond donors (Lipinski definition) is 1. The van der Waals surface area contributed by atoms with Crippen molar-refractivity contribution in [3.63, 3.8) is 0 Å². The van der Waals surface area contributed by atoms with E-state index in [0.717, 1.165) is 5.56 Å². The van der Waals surface area contributed by atoms with Crippen molar-refractivity contribution in [1.29, 1.82) is 0 Å². The fourth-order valence-corrected chi connectivity index (χ4v) is 0.907. The molecule has 0 aliphatic heterocycles. The highest BCUT2D eigenvalue weighted by molar-refractivity contribution is 5.18. The van der Waals surface area contributed by atoms with Gasteiger partial charge in [-0.05, 0) is 18.1 Å². The molecule has 2 heteroatoms. The van der Waals surface area contributed by atoms with Crippen LogP contribution < -0.4 is 0 Å². The molecule has 0 radical (unpaired) electrons. The van der Waals surface area contributed by atoms with E-state index in [1.165, 1.54) is 6.08 Å². The molecule has 1 N–H and O–H groups in total. The Kier molecular flexibility index (Phi) is 3.48. The molecule has 0 amide bonds. The zero-order valence-electron chi connectivity index (χ0n) is 6.70. The van der Waals surface area contributed by atoms with Gasteiger partial charge in [0.1, 0.15) is 5.83 Å². The molecule has 1 rings (SSSR count). The fourth-order valence-electron chi connectivity index (χ4n) is 0.907. The summed E-state index contributed by atoms with van der Waals surface area (Å²) in [6.45, 7) is -0.507. The maximum absolute atomic E-state index is 12.4. The first-order valence-electron chi connectivity index (χ1n) is 3.82. The number of allylic oxidation sites excluding steroid dienone is 1. The predicted octanol–water partition coefficient (Wildman–Crippen LogP) is 2.07. The Morgan fingerprint density at radius 2 is 2.00 bits per heavy atom. The van der Waals surface area contributed by atoms with E-state index in [0.29, 0.717) is 6.42 Å². The Balaban J connectivity index is 2.54. The van der Waals surface area contributed by atoms with Crippen LogP contribution in [-0.2, 0) is 6.42 Å². The van der Waals surface area contributed by atoms with Gasteiger partial charge in [-0.15, -0.1) is 0 Å². The van der Waals surface area contributed by atoms with Crippen molar-refractivity contribution >= 4 is 0 Å². The van der Waals surface area contributed by atoms with Gasteiger partial charge < -0.3 is 5.11 Å². The van der Waals surface area contributed by atoms with Gasteiger partial charge in [-0.1, -0.05) is 30.3 Å². The quantitative estimate of drug-likeness (QED) is 0.728. The standard InChI is InChI=1S/C10H11FO/c11-10(8-12)7-6-9-4-2-1-3-5-9/h1-5,7,12H,6,8H2. The number of hydrogen-bond acceptors (Lipinski definition) is 1. The maximum Gasteiger partial charge on any atom is 0.122 e. The molecule has 0 bridgehead atoms. The maximum atomic E-state index is 12.4. The third-order valence-electron chi connectivity index (χ3n) is 1.55. The largest absolute Gasteiger partial charge is 0.389 e. The molecule has 0 spiro atoms. The third-order valence-corrected chi connectivity index (χ3v) is 1.55. The Morgan fingerprint density at radius 1 is 1.33 bits per heavy atom. The smallest absolute Gasteiger partial charge is 0.122 e. The normalized spacial score (nSPS) is 11.7. The lowest BCUT2D eigenvalue weighted by Gasteiger charge is -1.94. The van der Waals surface area contributed by atoms with E-state index >= 15 is 0 Å². The number of halogens is 1. The number of aliphatic hydroxyl groups excluding tert-OH is 1. The number of rotatable bonds is 3. The second-order valence-corrected chi connectivity index (χ2v) is 2.50. The summed E-state index contributed by atoms with van der Waals surface area (Å²) in [4.78, 5) is 0. The summed E-state index contributed by atoms with van der Waals surface area (Å²) in [6.07, 6.45) is 1.92. The van der Waals surface area contributed by atoms with Crippen LogP contribution in [-0.4, -0.2) is 11.7 Å². The lowest BCUT2D eigenvalue weighted by molar-refractivity contribution is 0.297. The molecule has 12 heavy (non-hydrogen) atoms. The van der Waals surface area contributed by atoms with E-state index in [-0.39, 0.29) is 0 Å². The summed E-state index contributed by atoms with van der Waals surface area (Å²) in [7, 11) is 0. The van der Waals surface area contributed by atoms with Gasteiger partial charge in [-0.25, -0.2) is 4.39 Å². The molecule has 0 aliphatic carbocycles. The molecule has 1 aromatic rings. The minimum Gasteiger partial charge on any atom is -0.389 e. The zero-order chi connectivity index (χ0) is 8.81. The van der Waals surface area contributed by atoms with E-state index in [4.69, 9.17) is 5.11 Å². The van der Waals surface area contributed by atoms with Crippen LogP contribution in [0.5, 0.6) is 0 Å². The lowest BCUT2D eigenvalue weighted by atomic mass is 10.1. The third kappa shape index (κ3) is 2.84. The summed E-state index contributed by atoms with van der Waals surface area (Å²) in [5.41, 5.74) is 1.04. The molecule has 0 aliphatic rings.